The molecule has 0 amide bonds. The number of aromatic nitrogens is 2. The first-order valence-corrected chi connectivity index (χ1v) is 6.65. The SMILES string of the molecule is Cn1c(-c2ccccc2)[n+](C)c2ccccc21.F[B-](F)(F)F. The molecule has 22 heavy (non-hydrogen) atoms. The fraction of sp³-hybridized carbons (Fsp3) is 0.133. The van der Waals surface area contributed by atoms with Crippen LogP contribution < -0.4 is 4.57 Å². The van der Waals surface area contributed by atoms with Crippen LogP contribution in [0.25, 0.3) is 22.4 Å². The largest absolute Gasteiger partial charge is 0.673 e. The molecule has 2 aromatic carbocycles. The number of fused-ring (bicyclic) bond motifs is 1. The minimum absolute atomic E-state index is 1.23. The maximum Gasteiger partial charge on any atom is 0.673 e. The standard InChI is InChI=1S/C15H15N2.BF4/c1-16-13-10-6-7-11-14(13)17(2)15(16)12-8-4-3-5-9-12;2-1(3,4)5/h3-11H,1-2H3;/q+1;-1. The molecule has 0 fully saturated rings. The number of rotatable bonds is 1. The summed E-state index contributed by atoms with van der Waals surface area (Å²) in [6, 6.07) is 19.0. The lowest BCUT2D eigenvalue weighted by Gasteiger charge is -1.97. The summed E-state index contributed by atoms with van der Waals surface area (Å²) < 4.78 is 43.5. The smallest absolute Gasteiger partial charge is 0.418 e. The number of hydrogen-bond acceptors (Lipinski definition) is 0. The Bertz CT molecular complexity index is 721. The van der Waals surface area contributed by atoms with Gasteiger partial charge in [0.15, 0.2) is 11.0 Å². The monoisotopic (exact) mass is 310 g/mol. The zero-order chi connectivity index (χ0) is 16.3. The summed E-state index contributed by atoms with van der Waals surface area (Å²) in [5.41, 5.74) is 3.76. The highest BCUT2D eigenvalue weighted by Crippen LogP contribution is 2.20. The van der Waals surface area contributed by atoms with Gasteiger partial charge in [0.2, 0.25) is 0 Å². The van der Waals surface area contributed by atoms with E-state index < -0.39 is 7.25 Å². The summed E-state index contributed by atoms with van der Waals surface area (Å²) >= 11 is 0. The van der Waals surface area contributed by atoms with Crippen LogP contribution in [0.15, 0.2) is 54.6 Å². The first-order valence-electron chi connectivity index (χ1n) is 6.65. The van der Waals surface area contributed by atoms with Gasteiger partial charge in [-0.2, -0.15) is 0 Å². The molecule has 0 radical (unpaired) electrons. The van der Waals surface area contributed by atoms with Crippen LogP contribution in [-0.2, 0) is 14.1 Å². The predicted molar refractivity (Wildman–Crippen MR) is 79.7 cm³/mol. The molecule has 0 saturated heterocycles. The molecule has 1 aromatic heterocycles. The fourth-order valence-electron chi connectivity index (χ4n) is 2.46. The van der Waals surface area contributed by atoms with E-state index in [0.29, 0.717) is 0 Å². The van der Waals surface area contributed by atoms with Gasteiger partial charge in [-0.25, -0.2) is 9.13 Å². The summed E-state index contributed by atoms with van der Waals surface area (Å²) in [6.45, 7) is 0. The molecule has 3 rings (SSSR count). The number of para-hydroxylation sites is 2. The molecule has 0 atom stereocenters. The van der Waals surface area contributed by atoms with Crippen molar-refractivity contribution in [3.05, 3.63) is 54.6 Å². The minimum Gasteiger partial charge on any atom is -0.418 e. The predicted octanol–water partition coefficient (Wildman–Crippen LogP) is 3.97. The van der Waals surface area contributed by atoms with Crippen LogP contribution in [0, 0.1) is 0 Å². The van der Waals surface area contributed by atoms with Crippen molar-refractivity contribution in [1.29, 1.82) is 0 Å². The molecule has 0 N–H and O–H groups in total. The van der Waals surface area contributed by atoms with Gasteiger partial charge in [0.25, 0.3) is 5.82 Å². The van der Waals surface area contributed by atoms with Crippen molar-refractivity contribution < 1.29 is 21.8 Å². The second-order valence-electron chi connectivity index (χ2n) is 4.79. The van der Waals surface area contributed by atoms with Crippen LogP contribution in [0.5, 0.6) is 0 Å². The Labute approximate surface area is 125 Å². The molecular formula is C15H15BF4N2. The van der Waals surface area contributed by atoms with Crippen molar-refractivity contribution in [1.82, 2.24) is 4.57 Å². The normalized spacial score (nSPS) is 11.2. The summed E-state index contributed by atoms with van der Waals surface area (Å²) in [6.07, 6.45) is 0. The van der Waals surface area contributed by atoms with Crippen LogP contribution in [-0.4, -0.2) is 11.8 Å². The lowest BCUT2D eigenvalue weighted by atomic mass is 10.2. The maximum absolute atomic E-state index is 9.75. The lowest BCUT2D eigenvalue weighted by molar-refractivity contribution is -0.634. The van der Waals surface area contributed by atoms with E-state index in [1.165, 1.54) is 22.4 Å². The molecular weight excluding hydrogens is 295 g/mol. The highest BCUT2D eigenvalue weighted by Gasteiger charge is 2.21. The third-order valence-corrected chi connectivity index (χ3v) is 3.27. The van der Waals surface area contributed by atoms with Crippen LogP contribution in [0.3, 0.4) is 0 Å². The number of halogens is 4. The Morgan fingerprint density at radius 1 is 0.864 bits per heavy atom. The number of hydrogen-bond donors (Lipinski definition) is 0. The molecule has 0 aliphatic heterocycles. The van der Waals surface area contributed by atoms with Gasteiger partial charge in [-0.1, -0.05) is 30.3 Å². The first-order chi connectivity index (χ1) is 10.3. The van der Waals surface area contributed by atoms with Gasteiger partial charge >= 0.3 is 7.25 Å². The molecule has 0 saturated carbocycles. The Morgan fingerprint density at radius 3 is 1.91 bits per heavy atom. The fourth-order valence-corrected chi connectivity index (χ4v) is 2.46. The highest BCUT2D eigenvalue weighted by molar-refractivity contribution is 6.50. The molecule has 0 aliphatic rings. The molecule has 7 heteroatoms. The van der Waals surface area contributed by atoms with E-state index in [4.69, 9.17) is 0 Å². The lowest BCUT2D eigenvalue weighted by Crippen LogP contribution is -2.29. The van der Waals surface area contributed by atoms with Crippen molar-refractivity contribution in [3.63, 3.8) is 0 Å². The van der Waals surface area contributed by atoms with Crippen LogP contribution in [0.2, 0.25) is 0 Å². The van der Waals surface area contributed by atoms with Crippen LogP contribution >= 0.6 is 0 Å². The van der Waals surface area contributed by atoms with Crippen molar-refractivity contribution in [2.24, 2.45) is 14.1 Å². The molecule has 3 aromatic rings. The second-order valence-corrected chi connectivity index (χ2v) is 4.79. The number of nitrogens with zero attached hydrogens (tertiary/aromatic N) is 2. The van der Waals surface area contributed by atoms with Gasteiger partial charge in [0.1, 0.15) is 0 Å². The third kappa shape index (κ3) is 3.66. The molecule has 2 nitrogen and oxygen atoms in total. The zero-order valence-electron chi connectivity index (χ0n) is 12.2. The second kappa shape index (κ2) is 6.21. The van der Waals surface area contributed by atoms with Gasteiger partial charge in [0, 0.05) is 0 Å². The van der Waals surface area contributed by atoms with Crippen molar-refractivity contribution in [2.75, 3.05) is 0 Å². The van der Waals surface area contributed by atoms with E-state index in [1.54, 1.807) is 0 Å². The van der Waals surface area contributed by atoms with Gasteiger partial charge < -0.3 is 17.3 Å². The van der Waals surface area contributed by atoms with Gasteiger partial charge in [-0.15, -0.1) is 0 Å². The van der Waals surface area contributed by atoms with Gasteiger partial charge in [0.05, 0.1) is 19.7 Å². The van der Waals surface area contributed by atoms with Crippen LogP contribution in [0.1, 0.15) is 0 Å². The van der Waals surface area contributed by atoms with Crippen molar-refractivity contribution in [3.8, 4) is 11.4 Å². The van der Waals surface area contributed by atoms with Crippen LogP contribution in [0.4, 0.5) is 17.3 Å². The van der Waals surface area contributed by atoms with E-state index in [2.05, 4.69) is 71.8 Å². The van der Waals surface area contributed by atoms with E-state index in [9.17, 15) is 17.3 Å². The number of imidazole rings is 1. The zero-order valence-corrected chi connectivity index (χ0v) is 12.2. The topological polar surface area (TPSA) is 8.81 Å². The first kappa shape index (κ1) is 16.1. The summed E-state index contributed by atoms with van der Waals surface area (Å²) in [5, 5.41) is 0. The molecule has 116 valence electrons. The Balaban J connectivity index is 0.000000309. The Morgan fingerprint density at radius 2 is 1.36 bits per heavy atom. The summed E-state index contributed by atoms with van der Waals surface area (Å²) in [7, 11) is -1.77. The maximum atomic E-state index is 9.75. The van der Waals surface area contributed by atoms with Gasteiger partial charge in [-0.3, -0.25) is 0 Å². The molecule has 1 heterocycles. The van der Waals surface area contributed by atoms with Gasteiger partial charge in [-0.05, 0) is 24.3 Å². The van der Waals surface area contributed by atoms with Crippen molar-refractivity contribution in [2.45, 2.75) is 0 Å². The highest BCUT2D eigenvalue weighted by atomic mass is 19.5. The molecule has 0 unspecified atom stereocenters. The van der Waals surface area contributed by atoms with E-state index in [1.807, 2.05) is 6.07 Å². The Hall–Kier alpha value is -2.31. The summed E-state index contributed by atoms with van der Waals surface area (Å²) in [5.74, 6) is 1.23. The minimum atomic E-state index is -6.00. The van der Waals surface area contributed by atoms with E-state index in [-0.39, 0.29) is 0 Å². The number of benzene rings is 2. The average molecular weight is 310 g/mol. The number of aryl methyl sites for hydroxylation is 2. The van der Waals surface area contributed by atoms with Crippen molar-refractivity contribution >= 4 is 18.3 Å². The Kier molecular flexibility index (Phi) is 4.54. The quantitative estimate of drug-likeness (QED) is 0.365. The molecule has 0 spiro atoms. The average Bonchev–Trinajstić information content (AvgIpc) is 2.71. The summed E-state index contributed by atoms with van der Waals surface area (Å²) in [4.78, 5) is 0. The molecule has 0 aliphatic carbocycles. The van der Waals surface area contributed by atoms with E-state index in [0.717, 1.165) is 0 Å². The van der Waals surface area contributed by atoms with E-state index >= 15 is 0 Å². The molecule has 0 bridgehead atoms. The third-order valence-electron chi connectivity index (χ3n) is 3.27.